The first kappa shape index (κ1) is 16.3. The summed E-state index contributed by atoms with van der Waals surface area (Å²) >= 11 is 7.10. The van der Waals surface area contributed by atoms with E-state index in [1.807, 2.05) is 42.7 Å². The van der Waals surface area contributed by atoms with Crippen molar-refractivity contribution in [1.82, 2.24) is 9.66 Å². The molecule has 1 aromatic carbocycles. The first-order chi connectivity index (χ1) is 12.3. The van der Waals surface area contributed by atoms with Crippen molar-refractivity contribution in [2.45, 2.75) is 0 Å². The molecule has 0 bridgehead atoms. The first-order valence-electron chi connectivity index (χ1n) is 8.13. The van der Waals surface area contributed by atoms with Crippen LogP contribution in [0.1, 0.15) is 4.88 Å². The van der Waals surface area contributed by atoms with Crippen molar-refractivity contribution in [3.05, 3.63) is 58.3 Å². The minimum atomic E-state index is 0.583. The molecule has 5 nitrogen and oxygen atoms in total. The molecule has 0 atom stereocenters. The van der Waals surface area contributed by atoms with Crippen LogP contribution in [0.3, 0.4) is 0 Å². The summed E-state index contributed by atoms with van der Waals surface area (Å²) in [6.07, 6.45) is 3.78. The minimum Gasteiger partial charge on any atom is -0.378 e. The van der Waals surface area contributed by atoms with Gasteiger partial charge in [0.05, 0.1) is 36.3 Å². The summed E-state index contributed by atoms with van der Waals surface area (Å²) in [5, 5.41) is 5.76. The van der Waals surface area contributed by atoms with Gasteiger partial charge in [0.2, 0.25) is 0 Å². The highest BCUT2D eigenvalue weighted by Crippen LogP contribution is 2.25. The third-order valence-corrected chi connectivity index (χ3v) is 5.40. The highest BCUT2D eigenvalue weighted by molar-refractivity contribution is 7.71. The van der Waals surface area contributed by atoms with E-state index in [4.69, 9.17) is 17.0 Å². The number of H-pyrrole nitrogens is 1. The number of nitrogens with zero attached hydrogens (tertiary/aromatic N) is 3. The standard InChI is InChI=1S/C18H18N4OS2/c24-18-20-16(14-4-2-1-3-5-14)13-22(18)19-12-15-6-7-17(25-15)21-8-10-23-11-9-21/h1-7,12-13H,8-11H2,(H,20,24). The summed E-state index contributed by atoms with van der Waals surface area (Å²) in [4.78, 5) is 6.65. The smallest absolute Gasteiger partial charge is 0.198 e. The highest BCUT2D eigenvalue weighted by Gasteiger charge is 2.12. The summed E-state index contributed by atoms with van der Waals surface area (Å²) in [5.74, 6) is 0. The lowest BCUT2D eigenvalue weighted by atomic mass is 10.2. The Labute approximate surface area is 155 Å². The molecule has 3 heterocycles. The van der Waals surface area contributed by atoms with Gasteiger partial charge in [-0.15, -0.1) is 11.3 Å². The summed E-state index contributed by atoms with van der Waals surface area (Å²) in [6, 6.07) is 14.3. The third-order valence-electron chi connectivity index (χ3n) is 4.03. The molecule has 1 aliphatic heterocycles. The Kier molecular flexibility index (Phi) is 4.78. The van der Waals surface area contributed by atoms with Gasteiger partial charge in [-0.05, 0) is 29.9 Å². The average Bonchev–Trinajstić information content (AvgIpc) is 3.28. The lowest BCUT2D eigenvalue weighted by molar-refractivity contribution is 0.123. The zero-order valence-corrected chi connectivity index (χ0v) is 15.2. The Morgan fingerprint density at radius 3 is 2.72 bits per heavy atom. The lowest BCUT2D eigenvalue weighted by Gasteiger charge is -2.27. The fraction of sp³-hybridized carbons (Fsp3) is 0.222. The Balaban J connectivity index is 1.51. The lowest BCUT2D eigenvalue weighted by Crippen LogP contribution is -2.35. The molecule has 2 aromatic heterocycles. The van der Waals surface area contributed by atoms with Crippen LogP contribution in [-0.2, 0) is 4.74 Å². The number of aromatic amines is 1. The summed E-state index contributed by atoms with van der Waals surface area (Å²) < 4.78 is 7.69. The topological polar surface area (TPSA) is 45.5 Å². The van der Waals surface area contributed by atoms with Gasteiger partial charge in [-0.25, -0.2) is 4.68 Å². The van der Waals surface area contributed by atoms with Crippen LogP contribution in [0.25, 0.3) is 11.3 Å². The largest absolute Gasteiger partial charge is 0.378 e. The summed E-state index contributed by atoms with van der Waals surface area (Å²) in [7, 11) is 0. The molecule has 0 saturated carbocycles. The van der Waals surface area contributed by atoms with E-state index in [1.165, 1.54) is 5.00 Å². The Morgan fingerprint density at radius 2 is 1.92 bits per heavy atom. The van der Waals surface area contributed by atoms with Crippen LogP contribution >= 0.6 is 23.6 Å². The molecule has 1 N–H and O–H groups in total. The summed E-state index contributed by atoms with van der Waals surface area (Å²) in [6.45, 7) is 3.48. The van der Waals surface area contributed by atoms with E-state index in [1.54, 1.807) is 16.0 Å². The quantitative estimate of drug-likeness (QED) is 0.558. The molecular formula is C18H18N4OS2. The zero-order chi connectivity index (χ0) is 17.1. The molecule has 0 spiro atoms. The van der Waals surface area contributed by atoms with E-state index in [-0.39, 0.29) is 0 Å². The molecular weight excluding hydrogens is 352 g/mol. The normalized spacial score (nSPS) is 15.1. The number of thiophene rings is 1. The third kappa shape index (κ3) is 3.73. The number of hydrogen-bond donors (Lipinski definition) is 1. The van der Waals surface area contributed by atoms with Crippen molar-refractivity contribution >= 4 is 34.8 Å². The molecule has 4 rings (SSSR count). The predicted octanol–water partition coefficient (Wildman–Crippen LogP) is 3.99. The molecule has 0 unspecified atom stereocenters. The number of hydrogen-bond acceptors (Lipinski definition) is 5. The molecule has 128 valence electrons. The second-order valence-corrected chi connectivity index (χ2v) is 7.18. The molecule has 3 aromatic rings. The predicted molar refractivity (Wildman–Crippen MR) is 105 cm³/mol. The van der Waals surface area contributed by atoms with Crippen LogP contribution in [0.4, 0.5) is 5.00 Å². The second kappa shape index (κ2) is 7.35. The van der Waals surface area contributed by atoms with Gasteiger partial charge in [0.1, 0.15) is 0 Å². The number of benzene rings is 1. The zero-order valence-electron chi connectivity index (χ0n) is 13.6. The second-order valence-electron chi connectivity index (χ2n) is 5.70. The highest BCUT2D eigenvalue weighted by atomic mass is 32.1. The van der Waals surface area contributed by atoms with Gasteiger partial charge in [0.25, 0.3) is 0 Å². The molecule has 0 amide bonds. The van der Waals surface area contributed by atoms with Crippen molar-refractivity contribution in [3.8, 4) is 11.3 Å². The number of imidazole rings is 1. The number of morpholine rings is 1. The van der Waals surface area contributed by atoms with Crippen LogP contribution in [0, 0.1) is 4.77 Å². The Bertz CT molecular complexity index is 920. The molecule has 0 radical (unpaired) electrons. The fourth-order valence-corrected chi connectivity index (χ4v) is 3.86. The van der Waals surface area contributed by atoms with Crippen molar-refractivity contribution in [1.29, 1.82) is 0 Å². The van der Waals surface area contributed by atoms with E-state index < -0.39 is 0 Å². The minimum absolute atomic E-state index is 0.583. The molecule has 25 heavy (non-hydrogen) atoms. The Hall–Kier alpha value is -2.22. The van der Waals surface area contributed by atoms with Crippen LogP contribution in [0.5, 0.6) is 0 Å². The van der Waals surface area contributed by atoms with E-state index in [9.17, 15) is 0 Å². The first-order valence-corrected chi connectivity index (χ1v) is 9.36. The number of aromatic nitrogens is 2. The van der Waals surface area contributed by atoms with E-state index in [0.29, 0.717) is 4.77 Å². The summed E-state index contributed by atoms with van der Waals surface area (Å²) in [5.41, 5.74) is 2.05. The average molecular weight is 371 g/mol. The number of ether oxygens (including phenoxy) is 1. The molecule has 1 saturated heterocycles. The van der Waals surface area contributed by atoms with Gasteiger partial charge in [-0.3, -0.25) is 0 Å². The molecule has 0 aliphatic carbocycles. The fourth-order valence-electron chi connectivity index (χ4n) is 2.72. The molecule has 7 heteroatoms. The maximum atomic E-state index is 5.40. The van der Waals surface area contributed by atoms with Gasteiger partial charge >= 0.3 is 0 Å². The monoisotopic (exact) mass is 370 g/mol. The van der Waals surface area contributed by atoms with Crippen LogP contribution in [-0.4, -0.2) is 42.2 Å². The Morgan fingerprint density at radius 1 is 1.12 bits per heavy atom. The van der Waals surface area contributed by atoms with Crippen LogP contribution in [0.15, 0.2) is 53.8 Å². The van der Waals surface area contributed by atoms with Crippen molar-refractivity contribution in [2.24, 2.45) is 5.10 Å². The van der Waals surface area contributed by atoms with Crippen LogP contribution < -0.4 is 4.90 Å². The van der Waals surface area contributed by atoms with Crippen molar-refractivity contribution < 1.29 is 4.74 Å². The van der Waals surface area contributed by atoms with Gasteiger partial charge in [0.15, 0.2) is 4.77 Å². The van der Waals surface area contributed by atoms with Gasteiger partial charge < -0.3 is 14.6 Å². The van der Waals surface area contributed by atoms with Crippen molar-refractivity contribution in [3.63, 3.8) is 0 Å². The van der Waals surface area contributed by atoms with E-state index in [2.05, 4.69) is 27.1 Å². The maximum absolute atomic E-state index is 5.40. The maximum Gasteiger partial charge on any atom is 0.198 e. The van der Waals surface area contributed by atoms with Gasteiger partial charge in [-0.2, -0.15) is 5.10 Å². The number of rotatable bonds is 4. The molecule has 1 fully saturated rings. The van der Waals surface area contributed by atoms with Crippen LogP contribution in [0.2, 0.25) is 0 Å². The van der Waals surface area contributed by atoms with E-state index >= 15 is 0 Å². The molecule has 1 aliphatic rings. The van der Waals surface area contributed by atoms with Gasteiger partial charge in [0, 0.05) is 18.0 Å². The van der Waals surface area contributed by atoms with E-state index in [0.717, 1.165) is 42.4 Å². The number of anilines is 1. The SMILES string of the molecule is S=c1[nH]c(-c2ccccc2)cn1N=Cc1ccc(N2CCOCC2)s1. The number of nitrogens with one attached hydrogen (secondary N) is 1. The van der Waals surface area contributed by atoms with Crippen molar-refractivity contribution in [2.75, 3.05) is 31.2 Å². The van der Waals surface area contributed by atoms with Gasteiger partial charge in [-0.1, -0.05) is 30.3 Å².